The number of benzene rings is 2. The maximum atomic E-state index is 5.85. The van der Waals surface area contributed by atoms with Crippen molar-refractivity contribution in [2.45, 2.75) is 6.54 Å². The molecule has 1 aromatic heterocycles. The van der Waals surface area contributed by atoms with Crippen LogP contribution in [0.2, 0.25) is 0 Å². The van der Waals surface area contributed by atoms with Gasteiger partial charge in [-0.05, 0) is 47.0 Å². The lowest BCUT2D eigenvalue weighted by Gasteiger charge is -2.10. The Kier molecular flexibility index (Phi) is 3.92. The molecule has 0 saturated carbocycles. The van der Waals surface area contributed by atoms with Gasteiger partial charge in [-0.25, -0.2) is 4.98 Å². The Hall–Kier alpha value is -3.01. The van der Waals surface area contributed by atoms with Gasteiger partial charge in [-0.15, -0.1) is 0 Å². The molecule has 110 valence electrons. The van der Waals surface area contributed by atoms with Gasteiger partial charge in [0.1, 0.15) is 5.82 Å². The fourth-order valence-electron chi connectivity index (χ4n) is 2.34. The number of nitrogens with one attached hydrogen (secondary N) is 1. The van der Waals surface area contributed by atoms with E-state index in [0.29, 0.717) is 12.4 Å². The Bertz CT molecular complexity index is 783. The number of hydrogen-bond acceptors (Lipinski definition) is 4. The summed E-state index contributed by atoms with van der Waals surface area (Å²) in [5.74, 6) is 0.509. The van der Waals surface area contributed by atoms with Crippen molar-refractivity contribution in [3.63, 3.8) is 0 Å². The first-order valence-corrected chi connectivity index (χ1v) is 7.11. The van der Waals surface area contributed by atoms with Crippen molar-refractivity contribution in [1.29, 1.82) is 0 Å². The van der Waals surface area contributed by atoms with Crippen LogP contribution in [0.3, 0.4) is 0 Å². The van der Waals surface area contributed by atoms with Crippen molar-refractivity contribution in [2.75, 3.05) is 16.8 Å². The summed E-state index contributed by atoms with van der Waals surface area (Å²) in [6.07, 6.45) is 1.68. The van der Waals surface area contributed by atoms with Crippen LogP contribution in [-0.2, 0) is 6.54 Å². The highest BCUT2D eigenvalue weighted by molar-refractivity contribution is 5.68. The van der Waals surface area contributed by atoms with Crippen LogP contribution in [0.4, 0.5) is 17.2 Å². The quantitative estimate of drug-likeness (QED) is 0.642. The number of nitrogen functional groups attached to an aromatic ring is 2. The first-order chi connectivity index (χ1) is 10.7. The number of nitrogens with two attached hydrogens (primary N) is 2. The lowest BCUT2D eigenvalue weighted by atomic mass is 10.0. The fourth-order valence-corrected chi connectivity index (χ4v) is 2.34. The minimum atomic E-state index is 0.509. The van der Waals surface area contributed by atoms with E-state index in [-0.39, 0.29) is 0 Å². The average Bonchev–Trinajstić information content (AvgIpc) is 2.54. The Labute approximate surface area is 129 Å². The normalized spacial score (nSPS) is 10.4. The van der Waals surface area contributed by atoms with E-state index in [1.54, 1.807) is 6.20 Å². The molecular formula is C18H18N4. The third kappa shape index (κ3) is 3.17. The van der Waals surface area contributed by atoms with E-state index in [1.807, 2.05) is 36.4 Å². The van der Waals surface area contributed by atoms with Gasteiger partial charge in [-0.2, -0.15) is 0 Å². The van der Waals surface area contributed by atoms with Crippen molar-refractivity contribution in [1.82, 2.24) is 4.98 Å². The summed E-state index contributed by atoms with van der Waals surface area (Å²) in [5, 5.41) is 3.31. The molecular weight excluding hydrogens is 272 g/mol. The van der Waals surface area contributed by atoms with Gasteiger partial charge in [-0.1, -0.05) is 30.3 Å². The van der Waals surface area contributed by atoms with Crippen LogP contribution in [0.15, 0.2) is 66.9 Å². The second-order valence-electron chi connectivity index (χ2n) is 5.12. The minimum absolute atomic E-state index is 0.509. The first-order valence-electron chi connectivity index (χ1n) is 7.11. The molecule has 0 aliphatic heterocycles. The maximum Gasteiger partial charge on any atom is 0.146 e. The third-order valence-electron chi connectivity index (χ3n) is 3.47. The summed E-state index contributed by atoms with van der Waals surface area (Å²) in [6, 6.07) is 20.0. The predicted octanol–water partition coefficient (Wildman–Crippen LogP) is 3.53. The van der Waals surface area contributed by atoms with Crippen LogP contribution in [0.25, 0.3) is 11.1 Å². The summed E-state index contributed by atoms with van der Waals surface area (Å²) in [5.41, 5.74) is 16.7. The van der Waals surface area contributed by atoms with E-state index in [2.05, 4.69) is 34.6 Å². The van der Waals surface area contributed by atoms with E-state index >= 15 is 0 Å². The van der Waals surface area contributed by atoms with E-state index in [9.17, 15) is 0 Å². The lowest BCUT2D eigenvalue weighted by molar-refractivity contribution is 1.14. The molecule has 0 bridgehead atoms. The molecule has 1 heterocycles. The fraction of sp³-hybridized carbons (Fsp3) is 0.0556. The van der Waals surface area contributed by atoms with Crippen LogP contribution >= 0.6 is 0 Å². The number of aromatic nitrogens is 1. The summed E-state index contributed by atoms with van der Waals surface area (Å²) in [7, 11) is 0. The van der Waals surface area contributed by atoms with E-state index < -0.39 is 0 Å². The van der Waals surface area contributed by atoms with E-state index in [4.69, 9.17) is 11.5 Å². The zero-order chi connectivity index (χ0) is 15.4. The molecule has 0 atom stereocenters. The third-order valence-corrected chi connectivity index (χ3v) is 3.47. The van der Waals surface area contributed by atoms with Crippen molar-refractivity contribution in [3.8, 4) is 11.1 Å². The van der Waals surface area contributed by atoms with Gasteiger partial charge in [0.15, 0.2) is 0 Å². The Balaban J connectivity index is 1.78. The minimum Gasteiger partial charge on any atom is -0.399 e. The summed E-state index contributed by atoms with van der Waals surface area (Å²) in [6.45, 7) is 0.687. The highest BCUT2D eigenvalue weighted by Gasteiger charge is 2.02. The van der Waals surface area contributed by atoms with Gasteiger partial charge >= 0.3 is 0 Å². The maximum absolute atomic E-state index is 5.85. The summed E-state index contributed by atoms with van der Waals surface area (Å²) in [4.78, 5) is 4.07. The van der Waals surface area contributed by atoms with Crippen molar-refractivity contribution in [2.24, 2.45) is 0 Å². The lowest BCUT2D eigenvalue weighted by Crippen LogP contribution is -2.03. The topological polar surface area (TPSA) is 77.0 Å². The van der Waals surface area contributed by atoms with E-state index in [0.717, 1.165) is 22.5 Å². The monoisotopic (exact) mass is 290 g/mol. The Morgan fingerprint density at radius 1 is 0.864 bits per heavy atom. The molecule has 4 nitrogen and oxygen atoms in total. The van der Waals surface area contributed by atoms with Gasteiger partial charge in [0.25, 0.3) is 0 Å². The molecule has 0 unspecified atom stereocenters. The van der Waals surface area contributed by atoms with Crippen molar-refractivity contribution < 1.29 is 0 Å². The highest BCUT2D eigenvalue weighted by Crippen LogP contribution is 2.23. The second kappa shape index (κ2) is 6.18. The molecule has 0 aliphatic rings. The van der Waals surface area contributed by atoms with Crippen LogP contribution in [0, 0.1) is 0 Å². The van der Waals surface area contributed by atoms with E-state index in [1.165, 1.54) is 5.56 Å². The van der Waals surface area contributed by atoms with Crippen LogP contribution in [0.1, 0.15) is 5.56 Å². The number of rotatable bonds is 4. The molecule has 3 rings (SSSR count). The number of nitrogens with zero attached hydrogens (tertiary/aromatic N) is 1. The zero-order valence-corrected chi connectivity index (χ0v) is 12.2. The Morgan fingerprint density at radius 3 is 2.41 bits per heavy atom. The second-order valence-corrected chi connectivity index (χ2v) is 5.12. The molecule has 4 heteroatoms. The molecule has 2 aromatic carbocycles. The van der Waals surface area contributed by atoms with Crippen LogP contribution < -0.4 is 16.8 Å². The molecule has 0 spiro atoms. The molecule has 0 radical (unpaired) electrons. The molecule has 0 aliphatic carbocycles. The average molecular weight is 290 g/mol. The first kappa shape index (κ1) is 13.9. The largest absolute Gasteiger partial charge is 0.399 e. The molecule has 0 fully saturated rings. The van der Waals surface area contributed by atoms with Crippen LogP contribution in [0.5, 0.6) is 0 Å². The number of hydrogen-bond donors (Lipinski definition) is 3. The van der Waals surface area contributed by atoms with Gasteiger partial charge in [0.05, 0.1) is 5.69 Å². The molecule has 0 amide bonds. The molecule has 3 aromatic rings. The molecule has 0 saturated heterocycles. The predicted molar refractivity (Wildman–Crippen MR) is 92.3 cm³/mol. The SMILES string of the molecule is Nc1cccc(-c2cccc(CNc3cccnc3N)c2)c1. The number of anilines is 3. The zero-order valence-electron chi connectivity index (χ0n) is 12.2. The molecule has 22 heavy (non-hydrogen) atoms. The van der Waals surface area contributed by atoms with Crippen molar-refractivity contribution >= 4 is 17.2 Å². The summed E-state index contributed by atoms with van der Waals surface area (Å²) >= 11 is 0. The van der Waals surface area contributed by atoms with Gasteiger partial charge in [0, 0.05) is 18.4 Å². The Morgan fingerprint density at radius 2 is 1.64 bits per heavy atom. The highest BCUT2D eigenvalue weighted by atomic mass is 14.9. The smallest absolute Gasteiger partial charge is 0.146 e. The van der Waals surface area contributed by atoms with Gasteiger partial charge < -0.3 is 16.8 Å². The molecule has 5 N–H and O–H groups in total. The van der Waals surface area contributed by atoms with Gasteiger partial charge in [-0.3, -0.25) is 0 Å². The standard InChI is InChI=1S/C18H18N4/c19-16-7-2-6-15(11-16)14-5-1-4-13(10-14)12-22-17-8-3-9-21-18(17)20/h1-11,22H,12,19H2,(H2,20,21). The van der Waals surface area contributed by atoms with Crippen molar-refractivity contribution in [3.05, 3.63) is 72.4 Å². The number of pyridine rings is 1. The summed E-state index contributed by atoms with van der Waals surface area (Å²) < 4.78 is 0. The van der Waals surface area contributed by atoms with Crippen LogP contribution in [-0.4, -0.2) is 4.98 Å². The van der Waals surface area contributed by atoms with Gasteiger partial charge in [0.2, 0.25) is 0 Å².